The molecule has 4 heteroatoms. The molecule has 0 bridgehead atoms. The molecule has 2 aromatic rings. The molecule has 0 saturated carbocycles. The number of benzene rings is 2. The second kappa shape index (κ2) is 8.60. The molecule has 2 aromatic carbocycles. The van der Waals surface area contributed by atoms with Crippen molar-refractivity contribution >= 4 is 5.91 Å². The van der Waals surface area contributed by atoms with Gasteiger partial charge in [0.1, 0.15) is 5.82 Å². The average Bonchev–Trinajstić information content (AvgIpc) is 2.51. The minimum Gasteiger partial charge on any atom is -0.337 e. The third kappa shape index (κ3) is 5.78. The summed E-state index contributed by atoms with van der Waals surface area (Å²) >= 11 is 0. The highest BCUT2D eigenvalue weighted by Gasteiger charge is 2.15. The minimum atomic E-state index is -0.272. The van der Waals surface area contributed by atoms with Crippen LogP contribution < -0.4 is 0 Å². The Morgan fingerprint density at radius 2 is 1.71 bits per heavy atom. The summed E-state index contributed by atoms with van der Waals surface area (Å²) in [5.74, 6) is -0.210. The molecule has 3 nitrogen and oxygen atoms in total. The molecule has 2 rings (SSSR count). The maximum absolute atomic E-state index is 13.4. The van der Waals surface area contributed by atoms with Gasteiger partial charge in [0.15, 0.2) is 0 Å². The number of carbonyl (C=O) groups is 1. The van der Waals surface area contributed by atoms with Gasteiger partial charge in [-0.25, -0.2) is 4.39 Å². The van der Waals surface area contributed by atoms with Gasteiger partial charge in [-0.3, -0.25) is 4.79 Å². The van der Waals surface area contributed by atoms with E-state index in [0.717, 1.165) is 23.2 Å². The smallest absolute Gasteiger partial charge is 0.227 e. The van der Waals surface area contributed by atoms with Crippen LogP contribution in [0.2, 0.25) is 0 Å². The molecular weight excluding hydrogens is 303 g/mol. The normalized spacial score (nSPS) is 10.9. The predicted octanol–water partition coefficient (Wildman–Crippen LogP) is 3.27. The van der Waals surface area contributed by atoms with Gasteiger partial charge in [-0.15, -0.1) is 0 Å². The molecule has 0 saturated heterocycles. The topological polar surface area (TPSA) is 23.6 Å². The highest BCUT2D eigenvalue weighted by molar-refractivity contribution is 5.78. The number of hydrogen-bond acceptors (Lipinski definition) is 2. The molecule has 0 aliphatic carbocycles. The highest BCUT2D eigenvalue weighted by Crippen LogP contribution is 2.11. The minimum absolute atomic E-state index is 0.0618. The number of carbonyl (C=O) groups excluding carboxylic acids is 1. The molecule has 0 spiro atoms. The molecule has 0 N–H and O–H groups in total. The first-order valence-corrected chi connectivity index (χ1v) is 8.16. The van der Waals surface area contributed by atoms with E-state index in [-0.39, 0.29) is 11.7 Å². The fraction of sp³-hybridized carbons (Fsp3) is 0.350. The summed E-state index contributed by atoms with van der Waals surface area (Å²) in [5, 5.41) is 0. The van der Waals surface area contributed by atoms with E-state index < -0.39 is 0 Å². The summed E-state index contributed by atoms with van der Waals surface area (Å²) in [6, 6.07) is 14.4. The molecule has 0 aromatic heterocycles. The van der Waals surface area contributed by atoms with Crippen LogP contribution in [-0.4, -0.2) is 42.9 Å². The number of nitrogens with zero attached hydrogens (tertiary/aromatic N) is 2. The van der Waals surface area contributed by atoms with E-state index in [1.54, 1.807) is 11.0 Å². The summed E-state index contributed by atoms with van der Waals surface area (Å²) in [7, 11) is 3.96. The summed E-state index contributed by atoms with van der Waals surface area (Å²) in [4.78, 5) is 16.6. The van der Waals surface area contributed by atoms with Gasteiger partial charge in [-0.1, -0.05) is 42.0 Å². The summed E-state index contributed by atoms with van der Waals surface area (Å²) < 4.78 is 13.4. The average molecular weight is 328 g/mol. The van der Waals surface area contributed by atoms with Crippen LogP contribution >= 0.6 is 0 Å². The number of rotatable bonds is 7. The first-order valence-electron chi connectivity index (χ1n) is 8.16. The molecular formula is C20H25FN2O. The van der Waals surface area contributed by atoms with E-state index in [0.29, 0.717) is 19.5 Å². The fourth-order valence-corrected chi connectivity index (χ4v) is 2.58. The van der Waals surface area contributed by atoms with E-state index in [9.17, 15) is 9.18 Å². The van der Waals surface area contributed by atoms with Crippen molar-refractivity contribution < 1.29 is 9.18 Å². The Kier molecular flexibility index (Phi) is 6.50. The number of amides is 1. The summed E-state index contributed by atoms with van der Waals surface area (Å²) in [6.07, 6.45) is 0.366. The largest absolute Gasteiger partial charge is 0.337 e. The van der Waals surface area contributed by atoms with E-state index in [1.165, 1.54) is 12.1 Å². The van der Waals surface area contributed by atoms with Crippen LogP contribution in [-0.2, 0) is 17.8 Å². The monoisotopic (exact) mass is 328 g/mol. The third-order valence-electron chi connectivity index (χ3n) is 3.87. The zero-order valence-electron chi connectivity index (χ0n) is 14.6. The van der Waals surface area contributed by atoms with Crippen molar-refractivity contribution in [1.82, 2.24) is 9.80 Å². The lowest BCUT2D eigenvalue weighted by atomic mass is 10.1. The molecule has 0 atom stereocenters. The van der Waals surface area contributed by atoms with Gasteiger partial charge in [-0.05, 0) is 44.3 Å². The Morgan fingerprint density at radius 1 is 1.00 bits per heavy atom. The van der Waals surface area contributed by atoms with Crippen LogP contribution in [0.5, 0.6) is 0 Å². The van der Waals surface area contributed by atoms with Gasteiger partial charge in [0, 0.05) is 19.6 Å². The third-order valence-corrected chi connectivity index (χ3v) is 3.87. The van der Waals surface area contributed by atoms with Crippen molar-refractivity contribution in [1.29, 1.82) is 0 Å². The van der Waals surface area contributed by atoms with E-state index in [1.807, 2.05) is 56.3 Å². The Labute approximate surface area is 143 Å². The maximum Gasteiger partial charge on any atom is 0.227 e. The second-order valence-electron chi connectivity index (χ2n) is 6.41. The predicted molar refractivity (Wildman–Crippen MR) is 95.3 cm³/mol. The number of aryl methyl sites for hydroxylation is 1. The zero-order valence-corrected chi connectivity index (χ0v) is 14.6. The van der Waals surface area contributed by atoms with Gasteiger partial charge in [0.05, 0.1) is 6.42 Å². The Balaban J connectivity index is 2.10. The Morgan fingerprint density at radius 3 is 2.38 bits per heavy atom. The molecule has 24 heavy (non-hydrogen) atoms. The Bertz CT molecular complexity index is 685. The Hall–Kier alpha value is -2.20. The molecule has 0 aliphatic rings. The zero-order chi connectivity index (χ0) is 17.5. The van der Waals surface area contributed by atoms with Gasteiger partial charge in [0.25, 0.3) is 0 Å². The van der Waals surface area contributed by atoms with Crippen molar-refractivity contribution in [2.24, 2.45) is 0 Å². The van der Waals surface area contributed by atoms with Crippen LogP contribution in [0, 0.1) is 12.7 Å². The van der Waals surface area contributed by atoms with E-state index in [4.69, 9.17) is 0 Å². The molecule has 0 radical (unpaired) electrons. The van der Waals surface area contributed by atoms with Crippen LogP contribution in [0.4, 0.5) is 4.39 Å². The van der Waals surface area contributed by atoms with Crippen molar-refractivity contribution in [3.63, 3.8) is 0 Å². The van der Waals surface area contributed by atoms with E-state index >= 15 is 0 Å². The van der Waals surface area contributed by atoms with Crippen molar-refractivity contribution in [3.8, 4) is 0 Å². The standard InChI is InChI=1S/C20H25FN2O/c1-16-6-4-7-17(12-16)14-20(24)23(11-10-22(2)3)15-18-8-5-9-19(21)13-18/h4-9,12-13H,10-11,14-15H2,1-3H3. The van der Waals surface area contributed by atoms with Crippen molar-refractivity contribution in [3.05, 3.63) is 71.0 Å². The highest BCUT2D eigenvalue weighted by atomic mass is 19.1. The SMILES string of the molecule is Cc1cccc(CC(=O)N(CCN(C)C)Cc2cccc(F)c2)c1. The summed E-state index contributed by atoms with van der Waals surface area (Å²) in [5.41, 5.74) is 2.96. The van der Waals surface area contributed by atoms with Gasteiger partial charge in [0.2, 0.25) is 5.91 Å². The van der Waals surface area contributed by atoms with E-state index in [2.05, 4.69) is 0 Å². The van der Waals surface area contributed by atoms with Gasteiger partial charge in [-0.2, -0.15) is 0 Å². The first-order chi connectivity index (χ1) is 11.4. The number of likely N-dealkylation sites (N-methyl/N-ethyl adjacent to an activating group) is 1. The number of halogens is 1. The van der Waals surface area contributed by atoms with Crippen LogP contribution in [0.3, 0.4) is 0 Å². The molecule has 0 unspecified atom stereocenters. The van der Waals surface area contributed by atoms with Crippen LogP contribution in [0.15, 0.2) is 48.5 Å². The van der Waals surface area contributed by atoms with Gasteiger partial charge < -0.3 is 9.80 Å². The van der Waals surface area contributed by atoms with Crippen molar-refractivity contribution in [2.75, 3.05) is 27.2 Å². The molecule has 1 amide bonds. The van der Waals surface area contributed by atoms with Gasteiger partial charge >= 0.3 is 0 Å². The second-order valence-corrected chi connectivity index (χ2v) is 6.41. The van der Waals surface area contributed by atoms with Crippen LogP contribution in [0.1, 0.15) is 16.7 Å². The van der Waals surface area contributed by atoms with Crippen molar-refractivity contribution in [2.45, 2.75) is 19.9 Å². The first kappa shape index (κ1) is 18.1. The molecule has 128 valence electrons. The lowest BCUT2D eigenvalue weighted by Gasteiger charge is -2.25. The lowest BCUT2D eigenvalue weighted by molar-refractivity contribution is -0.131. The fourth-order valence-electron chi connectivity index (χ4n) is 2.58. The van der Waals surface area contributed by atoms with Crippen LogP contribution in [0.25, 0.3) is 0 Å². The molecule has 0 heterocycles. The molecule has 0 aliphatic heterocycles. The summed E-state index contributed by atoms with van der Waals surface area (Å²) in [6.45, 7) is 3.84. The lowest BCUT2D eigenvalue weighted by Crippen LogP contribution is -2.37. The quantitative estimate of drug-likeness (QED) is 0.779. The maximum atomic E-state index is 13.4. The number of hydrogen-bond donors (Lipinski definition) is 0. The molecule has 0 fully saturated rings.